The summed E-state index contributed by atoms with van der Waals surface area (Å²) < 4.78 is 20.4. The Kier molecular flexibility index (Phi) is 4.12. The fourth-order valence-electron chi connectivity index (χ4n) is 1.88. The van der Waals surface area contributed by atoms with E-state index >= 15 is 0 Å². The van der Waals surface area contributed by atoms with Crippen LogP contribution >= 0.6 is 0 Å². The van der Waals surface area contributed by atoms with Gasteiger partial charge in [0.1, 0.15) is 5.82 Å². The largest absolute Gasteiger partial charge is 0.383 e. The lowest BCUT2D eigenvalue weighted by Gasteiger charge is -2.07. The summed E-state index contributed by atoms with van der Waals surface area (Å²) in [5.41, 5.74) is 0.943. The molecule has 0 aliphatic rings. The third kappa shape index (κ3) is 2.84. The van der Waals surface area contributed by atoms with Crippen LogP contribution in [0.1, 0.15) is 0 Å². The Balaban J connectivity index is 1.97. The predicted molar refractivity (Wildman–Crippen MR) is 66.6 cm³/mol. The molecule has 1 aromatic heterocycles. The van der Waals surface area contributed by atoms with Gasteiger partial charge in [0.25, 0.3) is 0 Å². The molecule has 0 unspecified atom stereocenters. The van der Waals surface area contributed by atoms with Crippen molar-refractivity contribution in [1.29, 1.82) is 0 Å². The summed E-state index contributed by atoms with van der Waals surface area (Å²) in [5, 5.41) is 3.95. The van der Waals surface area contributed by atoms with Gasteiger partial charge in [0.05, 0.1) is 12.1 Å². The molecule has 4 heteroatoms. The zero-order valence-corrected chi connectivity index (χ0v) is 9.95. The molecule has 0 saturated carbocycles. The number of halogens is 1. The van der Waals surface area contributed by atoms with Crippen molar-refractivity contribution in [2.75, 3.05) is 26.8 Å². The number of benzene rings is 1. The zero-order valence-electron chi connectivity index (χ0n) is 9.95. The van der Waals surface area contributed by atoms with Gasteiger partial charge in [-0.2, -0.15) is 0 Å². The van der Waals surface area contributed by atoms with Crippen molar-refractivity contribution in [2.45, 2.75) is 6.54 Å². The number of nitrogens with zero attached hydrogens (tertiary/aromatic N) is 1. The van der Waals surface area contributed by atoms with Crippen molar-refractivity contribution in [3.8, 4) is 0 Å². The zero-order chi connectivity index (χ0) is 12.1. The molecule has 0 radical (unpaired) electrons. The maximum absolute atomic E-state index is 13.4. The van der Waals surface area contributed by atoms with Crippen LogP contribution in [0.25, 0.3) is 10.9 Å². The molecule has 0 spiro atoms. The van der Waals surface area contributed by atoms with Crippen LogP contribution in [0.4, 0.5) is 4.39 Å². The van der Waals surface area contributed by atoms with Gasteiger partial charge < -0.3 is 14.6 Å². The van der Waals surface area contributed by atoms with Crippen molar-refractivity contribution in [1.82, 2.24) is 9.88 Å². The minimum atomic E-state index is -0.159. The molecule has 1 N–H and O–H groups in total. The smallest absolute Gasteiger partial charge is 0.132 e. The first-order valence-electron chi connectivity index (χ1n) is 5.76. The normalized spacial score (nSPS) is 11.2. The molecule has 3 nitrogen and oxygen atoms in total. The number of hydrogen-bond acceptors (Lipinski definition) is 2. The van der Waals surface area contributed by atoms with Crippen LogP contribution in [0, 0.1) is 5.82 Å². The Hall–Kier alpha value is -1.39. The van der Waals surface area contributed by atoms with E-state index in [0.29, 0.717) is 12.0 Å². The second-order valence-electron chi connectivity index (χ2n) is 3.92. The van der Waals surface area contributed by atoms with Gasteiger partial charge in [-0.25, -0.2) is 4.39 Å². The molecule has 2 rings (SSSR count). The van der Waals surface area contributed by atoms with Crippen LogP contribution < -0.4 is 5.32 Å². The summed E-state index contributed by atoms with van der Waals surface area (Å²) in [5.74, 6) is -0.159. The van der Waals surface area contributed by atoms with Crippen LogP contribution in [0.3, 0.4) is 0 Å². The summed E-state index contributed by atoms with van der Waals surface area (Å²) in [6.07, 6.45) is 1.92. The van der Waals surface area contributed by atoms with Crippen LogP contribution in [-0.4, -0.2) is 31.4 Å². The van der Waals surface area contributed by atoms with E-state index in [9.17, 15) is 4.39 Å². The molecular weight excluding hydrogens is 219 g/mol. The lowest BCUT2D eigenvalue weighted by atomic mass is 10.2. The molecule has 0 aliphatic heterocycles. The quantitative estimate of drug-likeness (QED) is 0.777. The minimum Gasteiger partial charge on any atom is -0.383 e. The van der Waals surface area contributed by atoms with Gasteiger partial charge in [0.2, 0.25) is 0 Å². The molecular formula is C13H17FN2O. The third-order valence-electron chi connectivity index (χ3n) is 2.77. The Morgan fingerprint density at radius 3 is 3.00 bits per heavy atom. The molecule has 0 fully saturated rings. The van der Waals surface area contributed by atoms with Crippen LogP contribution in [0.5, 0.6) is 0 Å². The first kappa shape index (κ1) is 12.1. The number of ether oxygens (including phenoxy) is 1. The highest BCUT2D eigenvalue weighted by Gasteiger charge is 2.04. The number of fused-ring (bicyclic) bond motifs is 1. The fourth-order valence-corrected chi connectivity index (χ4v) is 1.88. The molecule has 0 saturated heterocycles. The maximum Gasteiger partial charge on any atom is 0.132 e. The van der Waals surface area contributed by atoms with Crippen molar-refractivity contribution >= 4 is 10.9 Å². The summed E-state index contributed by atoms with van der Waals surface area (Å²) in [4.78, 5) is 0. The van der Waals surface area contributed by atoms with Gasteiger partial charge in [0.15, 0.2) is 0 Å². The van der Waals surface area contributed by atoms with Gasteiger partial charge in [-0.1, -0.05) is 6.07 Å². The number of methoxy groups -OCH3 is 1. The van der Waals surface area contributed by atoms with E-state index in [0.717, 1.165) is 25.2 Å². The van der Waals surface area contributed by atoms with Crippen LogP contribution in [0.2, 0.25) is 0 Å². The number of hydrogen-bond donors (Lipinski definition) is 1. The molecule has 0 bridgehead atoms. The first-order chi connectivity index (χ1) is 8.33. The van der Waals surface area contributed by atoms with Gasteiger partial charge in [-0.05, 0) is 18.2 Å². The SMILES string of the molecule is COCCNCCn1ccc2c(F)cccc21. The van der Waals surface area contributed by atoms with E-state index < -0.39 is 0 Å². The molecule has 0 amide bonds. The van der Waals surface area contributed by atoms with Gasteiger partial charge >= 0.3 is 0 Å². The summed E-state index contributed by atoms with van der Waals surface area (Å²) in [7, 11) is 1.68. The van der Waals surface area contributed by atoms with E-state index in [1.54, 1.807) is 13.2 Å². The van der Waals surface area contributed by atoms with Crippen molar-refractivity contribution in [3.63, 3.8) is 0 Å². The molecule has 92 valence electrons. The highest BCUT2D eigenvalue weighted by atomic mass is 19.1. The lowest BCUT2D eigenvalue weighted by Crippen LogP contribution is -2.23. The average Bonchev–Trinajstić information content (AvgIpc) is 2.74. The highest BCUT2D eigenvalue weighted by molar-refractivity contribution is 5.80. The number of aromatic nitrogens is 1. The Labute approximate surface area is 100 Å². The van der Waals surface area contributed by atoms with Gasteiger partial charge in [-0.3, -0.25) is 0 Å². The van der Waals surface area contributed by atoms with E-state index in [4.69, 9.17) is 4.74 Å². The van der Waals surface area contributed by atoms with E-state index in [1.165, 1.54) is 6.07 Å². The second kappa shape index (κ2) is 5.80. The van der Waals surface area contributed by atoms with Gasteiger partial charge in [0, 0.05) is 38.3 Å². The lowest BCUT2D eigenvalue weighted by molar-refractivity contribution is 0.199. The number of nitrogens with one attached hydrogen (secondary N) is 1. The van der Waals surface area contributed by atoms with Crippen LogP contribution in [0.15, 0.2) is 30.5 Å². The average molecular weight is 236 g/mol. The molecule has 17 heavy (non-hydrogen) atoms. The van der Waals surface area contributed by atoms with E-state index in [2.05, 4.69) is 9.88 Å². The third-order valence-corrected chi connectivity index (χ3v) is 2.77. The highest BCUT2D eigenvalue weighted by Crippen LogP contribution is 2.18. The Bertz CT molecular complexity index is 481. The molecule has 1 aromatic carbocycles. The minimum absolute atomic E-state index is 0.159. The van der Waals surface area contributed by atoms with Crippen molar-refractivity contribution in [2.24, 2.45) is 0 Å². The molecule has 0 atom stereocenters. The van der Waals surface area contributed by atoms with E-state index in [1.807, 2.05) is 18.3 Å². The standard InChI is InChI=1S/C13H17FN2O/c1-17-10-7-15-6-9-16-8-5-11-12(14)3-2-4-13(11)16/h2-5,8,15H,6-7,9-10H2,1H3. The van der Waals surface area contributed by atoms with Crippen molar-refractivity contribution in [3.05, 3.63) is 36.3 Å². The van der Waals surface area contributed by atoms with Crippen LogP contribution in [-0.2, 0) is 11.3 Å². The Morgan fingerprint density at radius 2 is 2.18 bits per heavy atom. The van der Waals surface area contributed by atoms with Gasteiger partial charge in [-0.15, -0.1) is 0 Å². The topological polar surface area (TPSA) is 26.2 Å². The molecule has 2 aromatic rings. The summed E-state index contributed by atoms with van der Waals surface area (Å²) in [6.45, 7) is 3.23. The maximum atomic E-state index is 13.4. The monoisotopic (exact) mass is 236 g/mol. The molecule has 0 aliphatic carbocycles. The Morgan fingerprint density at radius 1 is 1.29 bits per heavy atom. The number of rotatable bonds is 6. The summed E-state index contributed by atoms with van der Waals surface area (Å²) >= 11 is 0. The van der Waals surface area contributed by atoms with E-state index in [-0.39, 0.29) is 5.82 Å². The van der Waals surface area contributed by atoms with Crippen molar-refractivity contribution < 1.29 is 9.13 Å². The second-order valence-corrected chi connectivity index (χ2v) is 3.92. The summed E-state index contributed by atoms with van der Waals surface area (Å²) in [6, 6.07) is 6.99. The first-order valence-corrected chi connectivity index (χ1v) is 5.76. The predicted octanol–water partition coefficient (Wildman–Crippen LogP) is 2.02. The fraction of sp³-hybridized carbons (Fsp3) is 0.385. The molecule has 1 heterocycles.